The van der Waals surface area contributed by atoms with Crippen molar-refractivity contribution in [2.45, 2.75) is 39.5 Å². The summed E-state index contributed by atoms with van der Waals surface area (Å²) in [6.45, 7) is 4.61. The summed E-state index contributed by atoms with van der Waals surface area (Å²) in [6, 6.07) is 0. The molecule has 0 aliphatic heterocycles. The van der Waals surface area contributed by atoms with Gasteiger partial charge in [-0.1, -0.05) is 12.1 Å². The van der Waals surface area contributed by atoms with Crippen molar-refractivity contribution in [3.63, 3.8) is 0 Å². The monoisotopic (exact) mass is 254 g/mol. The first-order valence-electron chi connectivity index (χ1n) is 6.43. The number of aliphatic hydroxyl groups is 1. The van der Waals surface area contributed by atoms with Gasteiger partial charge < -0.3 is 14.5 Å². The molecule has 0 saturated carbocycles. The standard InChI is InChI=1S/C13H22N2O3/c1-4-11-12(10(2)18-14-11)13(17)15(3)8-6-5-7-9-16/h16H,4-9H2,1-3H3. The summed E-state index contributed by atoms with van der Waals surface area (Å²) >= 11 is 0. The second-order valence-corrected chi connectivity index (χ2v) is 4.42. The van der Waals surface area contributed by atoms with Crippen molar-refractivity contribution in [3.8, 4) is 0 Å². The fraction of sp³-hybridized carbons (Fsp3) is 0.692. The quantitative estimate of drug-likeness (QED) is 0.753. The molecule has 0 aliphatic carbocycles. The lowest BCUT2D eigenvalue weighted by atomic mass is 10.1. The summed E-state index contributed by atoms with van der Waals surface area (Å²) in [5, 5.41) is 12.6. The van der Waals surface area contributed by atoms with Crippen molar-refractivity contribution >= 4 is 5.91 Å². The van der Waals surface area contributed by atoms with Crippen LogP contribution in [-0.2, 0) is 6.42 Å². The van der Waals surface area contributed by atoms with Crippen LogP contribution in [0.15, 0.2) is 4.52 Å². The summed E-state index contributed by atoms with van der Waals surface area (Å²) < 4.78 is 5.07. The van der Waals surface area contributed by atoms with E-state index < -0.39 is 0 Å². The highest BCUT2D eigenvalue weighted by Crippen LogP contribution is 2.16. The normalized spacial score (nSPS) is 10.7. The van der Waals surface area contributed by atoms with E-state index in [1.807, 2.05) is 6.92 Å². The maximum absolute atomic E-state index is 12.2. The molecule has 1 rings (SSSR count). The van der Waals surface area contributed by atoms with Gasteiger partial charge >= 0.3 is 0 Å². The molecule has 0 aromatic carbocycles. The molecule has 0 aliphatic rings. The average Bonchev–Trinajstić information content (AvgIpc) is 2.74. The summed E-state index contributed by atoms with van der Waals surface area (Å²) in [4.78, 5) is 13.9. The molecule has 0 unspecified atom stereocenters. The highest BCUT2D eigenvalue weighted by Gasteiger charge is 2.21. The minimum Gasteiger partial charge on any atom is -0.396 e. The van der Waals surface area contributed by atoms with E-state index in [2.05, 4.69) is 5.16 Å². The van der Waals surface area contributed by atoms with Gasteiger partial charge in [0.2, 0.25) is 0 Å². The number of amides is 1. The smallest absolute Gasteiger partial charge is 0.259 e. The number of unbranched alkanes of at least 4 members (excludes halogenated alkanes) is 2. The molecule has 0 spiro atoms. The highest BCUT2D eigenvalue weighted by atomic mass is 16.5. The number of aliphatic hydroxyl groups excluding tert-OH is 1. The Balaban J connectivity index is 2.60. The van der Waals surface area contributed by atoms with Crippen molar-refractivity contribution in [3.05, 3.63) is 17.0 Å². The Morgan fingerprint density at radius 2 is 2.11 bits per heavy atom. The molecular formula is C13H22N2O3. The number of carbonyl (C=O) groups is 1. The largest absolute Gasteiger partial charge is 0.396 e. The summed E-state index contributed by atoms with van der Waals surface area (Å²) in [7, 11) is 1.78. The van der Waals surface area contributed by atoms with E-state index in [-0.39, 0.29) is 12.5 Å². The molecule has 1 aromatic rings. The molecule has 18 heavy (non-hydrogen) atoms. The van der Waals surface area contributed by atoms with Gasteiger partial charge in [-0.05, 0) is 32.6 Å². The van der Waals surface area contributed by atoms with Gasteiger partial charge in [-0.25, -0.2) is 0 Å². The van der Waals surface area contributed by atoms with Crippen molar-refractivity contribution < 1.29 is 14.4 Å². The Morgan fingerprint density at radius 3 is 2.72 bits per heavy atom. The van der Waals surface area contributed by atoms with Gasteiger partial charge in [-0.2, -0.15) is 0 Å². The first-order chi connectivity index (χ1) is 8.61. The van der Waals surface area contributed by atoms with Crippen LogP contribution in [0.3, 0.4) is 0 Å². The van der Waals surface area contributed by atoms with Crippen molar-refractivity contribution in [1.29, 1.82) is 0 Å². The molecule has 0 fully saturated rings. The summed E-state index contributed by atoms with van der Waals surface area (Å²) in [5.41, 5.74) is 1.32. The SMILES string of the molecule is CCc1noc(C)c1C(=O)N(C)CCCCCO. The zero-order chi connectivity index (χ0) is 13.5. The topological polar surface area (TPSA) is 66.6 Å². The molecule has 1 amide bonds. The minimum absolute atomic E-state index is 0.0328. The first-order valence-corrected chi connectivity index (χ1v) is 6.43. The molecular weight excluding hydrogens is 232 g/mol. The zero-order valence-corrected chi connectivity index (χ0v) is 11.4. The lowest BCUT2D eigenvalue weighted by Crippen LogP contribution is -2.28. The van der Waals surface area contributed by atoms with Gasteiger partial charge in [0, 0.05) is 20.2 Å². The van der Waals surface area contributed by atoms with Crippen LogP contribution in [0.2, 0.25) is 0 Å². The number of hydrogen-bond acceptors (Lipinski definition) is 4. The number of hydrogen-bond donors (Lipinski definition) is 1. The molecule has 0 radical (unpaired) electrons. The molecule has 1 aromatic heterocycles. The lowest BCUT2D eigenvalue weighted by molar-refractivity contribution is 0.0789. The third-order valence-electron chi connectivity index (χ3n) is 2.98. The molecule has 0 bridgehead atoms. The van der Waals surface area contributed by atoms with E-state index in [0.29, 0.717) is 24.3 Å². The predicted octanol–water partition coefficient (Wildman–Crippen LogP) is 1.78. The van der Waals surface area contributed by atoms with Gasteiger partial charge in [0.05, 0.1) is 5.69 Å². The van der Waals surface area contributed by atoms with Gasteiger partial charge in [-0.3, -0.25) is 4.79 Å². The number of nitrogens with zero attached hydrogens (tertiary/aromatic N) is 2. The third kappa shape index (κ3) is 3.57. The number of aromatic nitrogens is 1. The van der Waals surface area contributed by atoms with Crippen LogP contribution in [-0.4, -0.2) is 41.3 Å². The maximum Gasteiger partial charge on any atom is 0.259 e. The maximum atomic E-state index is 12.2. The van der Waals surface area contributed by atoms with Crippen LogP contribution in [0.1, 0.15) is 48.0 Å². The van der Waals surface area contributed by atoms with Crippen LogP contribution >= 0.6 is 0 Å². The molecule has 0 saturated heterocycles. The molecule has 5 nitrogen and oxygen atoms in total. The first kappa shape index (κ1) is 14.7. The van der Waals surface area contributed by atoms with Crippen molar-refractivity contribution in [1.82, 2.24) is 10.1 Å². The van der Waals surface area contributed by atoms with Gasteiger partial charge in [0.25, 0.3) is 5.91 Å². The van der Waals surface area contributed by atoms with E-state index >= 15 is 0 Å². The van der Waals surface area contributed by atoms with E-state index in [9.17, 15) is 4.79 Å². The minimum atomic E-state index is -0.0328. The van der Waals surface area contributed by atoms with Crippen LogP contribution in [0.4, 0.5) is 0 Å². The second-order valence-electron chi connectivity index (χ2n) is 4.42. The Hall–Kier alpha value is -1.36. The van der Waals surface area contributed by atoms with E-state index in [1.165, 1.54) is 0 Å². The van der Waals surface area contributed by atoms with Crippen LogP contribution in [0.5, 0.6) is 0 Å². The number of carbonyl (C=O) groups excluding carboxylic acids is 1. The van der Waals surface area contributed by atoms with Gasteiger partial charge in [0.15, 0.2) is 0 Å². The van der Waals surface area contributed by atoms with Crippen LogP contribution in [0.25, 0.3) is 0 Å². The zero-order valence-electron chi connectivity index (χ0n) is 11.4. The van der Waals surface area contributed by atoms with E-state index in [4.69, 9.17) is 9.63 Å². The Bertz CT molecular complexity index is 388. The molecule has 5 heteroatoms. The lowest BCUT2D eigenvalue weighted by Gasteiger charge is -2.16. The predicted molar refractivity (Wildman–Crippen MR) is 68.5 cm³/mol. The Labute approximate surface area is 108 Å². The molecule has 1 heterocycles. The fourth-order valence-corrected chi connectivity index (χ4v) is 1.86. The highest BCUT2D eigenvalue weighted by molar-refractivity contribution is 5.96. The second kappa shape index (κ2) is 7.16. The number of aryl methyl sites for hydroxylation is 2. The van der Waals surface area contributed by atoms with Crippen LogP contribution < -0.4 is 0 Å². The molecule has 102 valence electrons. The van der Waals surface area contributed by atoms with E-state index in [1.54, 1.807) is 18.9 Å². The van der Waals surface area contributed by atoms with Gasteiger partial charge in [0.1, 0.15) is 11.3 Å². The summed E-state index contributed by atoms with van der Waals surface area (Å²) in [6.07, 6.45) is 3.30. The Morgan fingerprint density at radius 1 is 1.39 bits per heavy atom. The van der Waals surface area contributed by atoms with Crippen molar-refractivity contribution in [2.75, 3.05) is 20.2 Å². The van der Waals surface area contributed by atoms with Gasteiger partial charge in [-0.15, -0.1) is 0 Å². The van der Waals surface area contributed by atoms with Crippen LogP contribution in [0, 0.1) is 6.92 Å². The summed E-state index contributed by atoms with van der Waals surface area (Å²) in [5.74, 6) is 0.550. The van der Waals surface area contributed by atoms with Crippen molar-refractivity contribution in [2.24, 2.45) is 0 Å². The molecule has 1 N–H and O–H groups in total. The fourth-order valence-electron chi connectivity index (χ4n) is 1.86. The Kier molecular flexibility index (Phi) is 5.85. The van der Waals surface area contributed by atoms with E-state index in [0.717, 1.165) is 25.0 Å². The molecule has 0 atom stereocenters. The number of rotatable bonds is 7. The average molecular weight is 254 g/mol. The third-order valence-corrected chi connectivity index (χ3v) is 2.98.